The number of aliphatic carboxylic acids is 1. The van der Waals surface area contributed by atoms with Crippen LogP contribution in [0.2, 0.25) is 5.02 Å². The molecule has 0 radical (unpaired) electrons. The van der Waals surface area contributed by atoms with E-state index in [4.69, 9.17) is 21.1 Å². The molecule has 1 amide bonds. The Bertz CT molecular complexity index is 691. The third-order valence-electron chi connectivity index (χ3n) is 3.24. The molecule has 2 aromatic rings. The summed E-state index contributed by atoms with van der Waals surface area (Å²) in [6, 6.07) is 7.70. The van der Waals surface area contributed by atoms with E-state index in [2.05, 4.69) is 5.32 Å². The molecule has 0 fully saturated rings. The lowest BCUT2D eigenvalue weighted by atomic mass is 10.0. The molecule has 0 bridgehead atoms. The Labute approximate surface area is 132 Å². The maximum absolute atomic E-state index is 12.3. The molecule has 6 heteroatoms. The second-order valence-corrected chi connectivity index (χ2v) is 5.44. The van der Waals surface area contributed by atoms with E-state index in [1.54, 1.807) is 44.2 Å². The van der Waals surface area contributed by atoms with Crippen molar-refractivity contribution < 1.29 is 19.1 Å². The molecule has 0 unspecified atom stereocenters. The van der Waals surface area contributed by atoms with Crippen molar-refractivity contribution in [3.8, 4) is 0 Å². The number of benzene rings is 1. The highest BCUT2D eigenvalue weighted by Gasteiger charge is 2.21. The predicted molar refractivity (Wildman–Crippen MR) is 82.1 cm³/mol. The van der Waals surface area contributed by atoms with Crippen LogP contribution >= 0.6 is 11.6 Å². The standard InChI is InChI=1S/C16H16ClNO4/c1-9-7-13(10(2)22-9)16(21)18-14(8-15(19)20)11-3-5-12(17)6-4-11/h3-7,14H,8H2,1-2H3,(H,18,21)(H,19,20)/t14-/m0/s1. The zero-order valence-corrected chi connectivity index (χ0v) is 13.0. The van der Waals surface area contributed by atoms with Crippen molar-refractivity contribution >= 4 is 23.5 Å². The van der Waals surface area contributed by atoms with Crippen molar-refractivity contribution in [1.82, 2.24) is 5.32 Å². The molecule has 2 N–H and O–H groups in total. The Morgan fingerprint density at radius 2 is 1.91 bits per heavy atom. The molecule has 1 heterocycles. The number of amides is 1. The van der Waals surface area contributed by atoms with E-state index in [0.717, 1.165) is 0 Å². The molecule has 0 aliphatic heterocycles. The lowest BCUT2D eigenvalue weighted by Gasteiger charge is -2.17. The maximum atomic E-state index is 12.3. The fourth-order valence-corrected chi connectivity index (χ4v) is 2.34. The molecule has 22 heavy (non-hydrogen) atoms. The van der Waals surface area contributed by atoms with Crippen LogP contribution in [0.3, 0.4) is 0 Å². The molecule has 0 aliphatic rings. The smallest absolute Gasteiger partial charge is 0.305 e. The second-order valence-electron chi connectivity index (χ2n) is 5.00. The fraction of sp³-hybridized carbons (Fsp3) is 0.250. The van der Waals surface area contributed by atoms with Crippen molar-refractivity contribution in [1.29, 1.82) is 0 Å². The summed E-state index contributed by atoms with van der Waals surface area (Å²) in [6.07, 6.45) is -0.219. The summed E-state index contributed by atoms with van der Waals surface area (Å²) in [6.45, 7) is 3.44. The number of carbonyl (C=O) groups is 2. The number of carbonyl (C=O) groups excluding carboxylic acids is 1. The van der Waals surface area contributed by atoms with Gasteiger partial charge in [0.15, 0.2) is 0 Å². The van der Waals surface area contributed by atoms with Gasteiger partial charge in [0.1, 0.15) is 11.5 Å². The average Bonchev–Trinajstić information content (AvgIpc) is 2.77. The highest BCUT2D eigenvalue weighted by molar-refractivity contribution is 6.30. The summed E-state index contributed by atoms with van der Waals surface area (Å²) in [5.74, 6) is -0.236. The lowest BCUT2D eigenvalue weighted by Crippen LogP contribution is -2.30. The molecule has 5 nitrogen and oxygen atoms in total. The fourth-order valence-electron chi connectivity index (χ4n) is 2.21. The molecule has 0 saturated heterocycles. The number of aryl methyl sites for hydroxylation is 2. The topological polar surface area (TPSA) is 79.5 Å². The van der Waals surface area contributed by atoms with Crippen LogP contribution in [0.5, 0.6) is 0 Å². The van der Waals surface area contributed by atoms with E-state index < -0.39 is 12.0 Å². The van der Waals surface area contributed by atoms with Crippen LogP contribution < -0.4 is 5.32 Å². The number of nitrogens with one attached hydrogen (secondary N) is 1. The van der Waals surface area contributed by atoms with Gasteiger partial charge in [0, 0.05) is 5.02 Å². The number of furan rings is 1. The van der Waals surface area contributed by atoms with Gasteiger partial charge < -0.3 is 14.8 Å². The summed E-state index contributed by atoms with van der Waals surface area (Å²) >= 11 is 5.83. The minimum absolute atomic E-state index is 0.219. The maximum Gasteiger partial charge on any atom is 0.305 e. The average molecular weight is 322 g/mol. The van der Waals surface area contributed by atoms with Crippen LogP contribution in [0, 0.1) is 13.8 Å². The molecule has 1 aromatic heterocycles. The number of rotatable bonds is 5. The molecule has 116 valence electrons. The number of carboxylic acids is 1. The first-order chi connectivity index (χ1) is 10.4. The number of hydrogen-bond donors (Lipinski definition) is 2. The van der Waals surface area contributed by atoms with Gasteiger partial charge >= 0.3 is 5.97 Å². The Hall–Kier alpha value is -2.27. The first-order valence-corrected chi connectivity index (χ1v) is 7.09. The predicted octanol–water partition coefficient (Wildman–Crippen LogP) is 3.50. The third-order valence-corrected chi connectivity index (χ3v) is 3.49. The van der Waals surface area contributed by atoms with E-state index in [1.807, 2.05) is 0 Å². The largest absolute Gasteiger partial charge is 0.481 e. The van der Waals surface area contributed by atoms with Crippen LogP contribution in [0.25, 0.3) is 0 Å². The lowest BCUT2D eigenvalue weighted by molar-refractivity contribution is -0.137. The van der Waals surface area contributed by atoms with Gasteiger partial charge in [0.05, 0.1) is 18.0 Å². The number of carboxylic acid groups (broad SMARTS) is 1. The van der Waals surface area contributed by atoms with Gasteiger partial charge in [0.2, 0.25) is 0 Å². The molecular weight excluding hydrogens is 306 g/mol. The van der Waals surface area contributed by atoms with Gasteiger partial charge in [-0.25, -0.2) is 0 Å². The summed E-state index contributed by atoms with van der Waals surface area (Å²) in [4.78, 5) is 23.4. The van der Waals surface area contributed by atoms with Crippen molar-refractivity contribution in [2.24, 2.45) is 0 Å². The van der Waals surface area contributed by atoms with Gasteiger partial charge in [-0.1, -0.05) is 23.7 Å². The minimum Gasteiger partial charge on any atom is -0.481 e. The summed E-state index contributed by atoms with van der Waals surface area (Å²) < 4.78 is 5.33. The van der Waals surface area contributed by atoms with Gasteiger partial charge in [-0.05, 0) is 37.6 Å². The minimum atomic E-state index is -1.000. The second kappa shape index (κ2) is 6.66. The van der Waals surface area contributed by atoms with Crippen LogP contribution in [0.15, 0.2) is 34.7 Å². The van der Waals surface area contributed by atoms with E-state index in [9.17, 15) is 9.59 Å². The first-order valence-electron chi connectivity index (χ1n) is 6.72. The van der Waals surface area contributed by atoms with Crippen molar-refractivity contribution in [2.75, 3.05) is 0 Å². The van der Waals surface area contributed by atoms with Gasteiger partial charge in [-0.15, -0.1) is 0 Å². The molecule has 0 aliphatic carbocycles. The van der Waals surface area contributed by atoms with Crippen LogP contribution in [-0.4, -0.2) is 17.0 Å². The van der Waals surface area contributed by atoms with E-state index in [1.165, 1.54) is 0 Å². The Kier molecular flexibility index (Phi) is 4.88. The van der Waals surface area contributed by atoms with Gasteiger partial charge in [-0.3, -0.25) is 9.59 Å². The normalized spacial score (nSPS) is 12.0. The van der Waals surface area contributed by atoms with E-state index in [0.29, 0.717) is 27.7 Å². The zero-order chi connectivity index (χ0) is 16.3. The van der Waals surface area contributed by atoms with Gasteiger partial charge in [-0.2, -0.15) is 0 Å². The van der Waals surface area contributed by atoms with Crippen molar-refractivity contribution in [2.45, 2.75) is 26.3 Å². The first kappa shape index (κ1) is 16.1. The van der Waals surface area contributed by atoms with E-state index >= 15 is 0 Å². The van der Waals surface area contributed by atoms with Crippen LogP contribution in [0.1, 0.15) is 39.9 Å². The number of hydrogen-bond acceptors (Lipinski definition) is 3. The summed E-state index contributed by atoms with van der Waals surface area (Å²) in [5.41, 5.74) is 1.08. The van der Waals surface area contributed by atoms with E-state index in [-0.39, 0.29) is 12.3 Å². The molecular formula is C16H16ClNO4. The monoisotopic (exact) mass is 321 g/mol. The van der Waals surface area contributed by atoms with Crippen molar-refractivity contribution in [3.05, 3.63) is 58.0 Å². The number of halogens is 1. The Morgan fingerprint density at radius 1 is 1.27 bits per heavy atom. The Balaban J connectivity index is 2.23. The molecule has 2 rings (SSSR count). The molecule has 0 spiro atoms. The molecule has 0 saturated carbocycles. The quantitative estimate of drug-likeness (QED) is 0.883. The third kappa shape index (κ3) is 3.89. The van der Waals surface area contributed by atoms with Crippen LogP contribution in [0.4, 0.5) is 0 Å². The van der Waals surface area contributed by atoms with Crippen LogP contribution in [-0.2, 0) is 4.79 Å². The van der Waals surface area contributed by atoms with Gasteiger partial charge in [0.25, 0.3) is 5.91 Å². The highest BCUT2D eigenvalue weighted by Crippen LogP contribution is 2.21. The highest BCUT2D eigenvalue weighted by atomic mass is 35.5. The Morgan fingerprint density at radius 3 is 2.41 bits per heavy atom. The van der Waals surface area contributed by atoms with Crippen molar-refractivity contribution in [3.63, 3.8) is 0 Å². The summed E-state index contributed by atoms with van der Waals surface area (Å²) in [7, 11) is 0. The summed E-state index contributed by atoms with van der Waals surface area (Å²) in [5, 5.41) is 12.3. The molecule has 1 atom stereocenters. The zero-order valence-electron chi connectivity index (χ0n) is 12.2. The SMILES string of the molecule is Cc1cc(C(=O)N[C@@H](CC(=O)O)c2ccc(Cl)cc2)c(C)o1. The molecule has 1 aromatic carbocycles.